The maximum absolute atomic E-state index is 12.7. The van der Waals surface area contributed by atoms with Crippen molar-refractivity contribution in [2.24, 2.45) is 5.92 Å². The molecule has 0 N–H and O–H groups in total. The summed E-state index contributed by atoms with van der Waals surface area (Å²) in [5.41, 5.74) is 2.80. The lowest BCUT2D eigenvalue weighted by molar-refractivity contribution is -0.134. The molecule has 29 heavy (non-hydrogen) atoms. The van der Waals surface area contributed by atoms with Crippen LogP contribution in [-0.4, -0.2) is 57.8 Å². The number of rotatable bonds is 4. The summed E-state index contributed by atoms with van der Waals surface area (Å²) in [5, 5.41) is 0. The quantitative estimate of drug-likeness (QED) is 0.781. The second kappa shape index (κ2) is 8.80. The van der Waals surface area contributed by atoms with Gasteiger partial charge in [0.2, 0.25) is 11.8 Å². The average Bonchev–Trinajstić information content (AvgIpc) is 3.43. The molecule has 6 nitrogen and oxygen atoms in total. The zero-order valence-corrected chi connectivity index (χ0v) is 18.0. The lowest BCUT2D eigenvalue weighted by Crippen LogP contribution is -2.37. The van der Waals surface area contributed by atoms with E-state index in [0.717, 1.165) is 81.1 Å². The van der Waals surface area contributed by atoms with Crippen LogP contribution in [0.2, 0.25) is 0 Å². The Morgan fingerprint density at radius 2 is 1.52 bits per heavy atom. The van der Waals surface area contributed by atoms with Crippen molar-refractivity contribution in [1.82, 2.24) is 19.8 Å². The van der Waals surface area contributed by atoms with E-state index in [1.807, 2.05) is 23.6 Å². The fourth-order valence-electron chi connectivity index (χ4n) is 5.21. The van der Waals surface area contributed by atoms with E-state index in [0.29, 0.717) is 12.3 Å². The maximum atomic E-state index is 12.7. The van der Waals surface area contributed by atoms with Crippen LogP contribution >= 0.6 is 0 Å². The molecule has 1 aromatic heterocycles. The van der Waals surface area contributed by atoms with E-state index in [1.165, 1.54) is 19.3 Å². The van der Waals surface area contributed by atoms with Crippen LogP contribution < -0.4 is 0 Å². The fraction of sp³-hybridized carbons (Fsp3) is 0.739. The Morgan fingerprint density at radius 3 is 2.17 bits per heavy atom. The molecule has 1 aliphatic carbocycles. The van der Waals surface area contributed by atoms with Gasteiger partial charge in [0.05, 0.1) is 6.42 Å². The van der Waals surface area contributed by atoms with Crippen LogP contribution in [0, 0.1) is 19.8 Å². The topological polar surface area (TPSA) is 66.4 Å². The van der Waals surface area contributed by atoms with Crippen molar-refractivity contribution in [3.05, 3.63) is 22.8 Å². The van der Waals surface area contributed by atoms with Gasteiger partial charge in [-0.1, -0.05) is 12.8 Å². The van der Waals surface area contributed by atoms with Crippen LogP contribution in [0.5, 0.6) is 0 Å². The molecule has 1 aromatic rings. The number of aryl methyl sites for hydroxylation is 2. The zero-order valence-electron chi connectivity index (χ0n) is 18.0. The molecule has 0 bridgehead atoms. The monoisotopic (exact) mass is 398 g/mol. The van der Waals surface area contributed by atoms with Crippen LogP contribution in [0.25, 0.3) is 0 Å². The third-order valence-corrected chi connectivity index (χ3v) is 7.04. The molecule has 158 valence electrons. The molecule has 0 spiro atoms. The Morgan fingerprint density at radius 1 is 0.862 bits per heavy atom. The number of carbonyl (C=O) groups excluding carboxylic acids is 2. The molecule has 0 unspecified atom stereocenters. The summed E-state index contributed by atoms with van der Waals surface area (Å²) in [7, 11) is 0. The number of amides is 2. The minimum atomic E-state index is 0.196. The van der Waals surface area contributed by atoms with Crippen molar-refractivity contribution in [1.29, 1.82) is 0 Å². The molecule has 3 heterocycles. The molecule has 0 radical (unpaired) electrons. The predicted molar refractivity (Wildman–Crippen MR) is 112 cm³/mol. The number of nitrogens with zero attached hydrogens (tertiary/aromatic N) is 4. The van der Waals surface area contributed by atoms with E-state index in [1.54, 1.807) is 0 Å². The molecule has 4 rings (SSSR count). The van der Waals surface area contributed by atoms with Gasteiger partial charge in [0.1, 0.15) is 5.82 Å². The van der Waals surface area contributed by atoms with Gasteiger partial charge in [-0.3, -0.25) is 9.59 Å². The molecular weight excluding hydrogens is 364 g/mol. The molecule has 6 heteroatoms. The van der Waals surface area contributed by atoms with E-state index < -0.39 is 0 Å². The van der Waals surface area contributed by atoms with Crippen molar-refractivity contribution in [3.8, 4) is 0 Å². The van der Waals surface area contributed by atoms with Crippen molar-refractivity contribution in [2.75, 3.05) is 26.2 Å². The lowest BCUT2D eigenvalue weighted by Gasteiger charge is -2.27. The van der Waals surface area contributed by atoms with Gasteiger partial charge in [0.25, 0.3) is 0 Å². The van der Waals surface area contributed by atoms with Crippen molar-refractivity contribution < 1.29 is 9.59 Å². The van der Waals surface area contributed by atoms with E-state index in [-0.39, 0.29) is 17.7 Å². The van der Waals surface area contributed by atoms with Gasteiger partial charge < -0.3 is 9.80 Å². The minimum absolute atomic E-state index is 0.196. The predicted octanol–water partition coefficient (Wildman–Crippen LogP) is 3.15. The third kappa shape index (κ3) is 4.46. The van der Waals surface area contributed by atoms with Crippen LogP contribution in [0.4, 0.5) is 0 Å². The summed E-state index contributed by atoms with van der Waals surface area (Å²) < 4.78 is 0. The lowest BCUT2D eigenvalue weighted by atomic mass is 10.0. The summed E-state index contributed by atoms with van der Waals surface area (Å²) in [5.74, 6) is 1.82. The summed E-state index contributed by atoms with van der Waals surface area (Å²) in [6.07, 6.45) is 9.25. The number of carbonyl (C=O) groups is 2. The Kier molecular flexibility index (Phi) is 6.16. The molecule has 1 atom stereocenters. The second-order valence-corrected chi connectivity index (χ2v) is 9.10. The first-order valence-electron chi connectivity index (χ1n) is 11.4. The highest BCUT2D eigenvalue weighted by Crippen LogP contribution is 2.31. The first-order valence-corrected chi connectivity index (χ1v) is 11.4. The Hall–Kier alpha value is -1.98. The van der Waals surface area contributed by atoms with Gasteiger partial charge in [-0.25, -0.2) is 9.97 Å². The SMILES string of the molecule is Cc1nc([C@@H]2CCN(C(=O)C3CCCC3)C2)nc(C)c1CC(=O)N1CCCCC1. The fourth-order valence-corrected chi connectivity index (χ4v) is 5.21. The van der Waals surface area contributed by atoms with Crippen LogP contribution in [0.1, 0.15) is 80.1 Å². The zero-order chi connectivity index (χ0) is 20.4. The molecule has 3 fully saturated rings. The number of aromatic nitrogens is 2. The summed E-state index contributed by atoms with van der Waals surface area (Å²) in [4.78, 5) is 39.0. The Labute approximate surface area is 174 Å². The smallest absolute Gasteiger partial charge is 0.227 e. The molecule has 0 aromatic carbocycles. The standard InChI is InChI=1S/C23H34N4O2/c1-16-20(14-21(28)26-11-6-3-7-12-26)17(2)25-22(24-16)19-10-13-27(15-19)23(29)18-8-4-5-9-18/h18-19H,3-15H2,1-2H3/t19-/m1/s1. The first kappa shape index (κ1) is 20.3. The number of piperidine rings is 1. The number of likely N-dealkylation sites (tertiary alicyclic amines) is 2. The van der Waals surface area contributed by atoms with Gasteiger partial charge in [0.15, 0.2) is 0 Å². The highest BCUT2D eigenvalue weighted by molar-refractivity contribution is 5.80. The normalized spacial score (nSPS) is 23.0. The molecular formula is C23H34N4O2. The van der Waals surface area contributed by atoms with Crippen molar-refractivity contribution in [3.63, 3.8) is 0 Å². The van der Waals surface area contributed by atoms with Crippen LogP contribution in [0.15, 0.2) is 0 Å². The molecule has 2 saturated heterocycles. The minimum Gasteiger partial charge on any atom is -0.342 e. The molecule has 2 aliphatic heterocycles. The van der Waals surface area contributed by atoms with Crippen molar-refractivity contribution in [2.45, 2.75) is 77.6 Å². The van der Waals surface area contributed by atoms with Gasteiger partial charge in [-0.2, -0.15) is 0 Å². The largest absolute Gasteiger partial charge is 0.342 e. The van der Waals surface area contributed by atoms with E-state index in [9.17, 15) is 9.59 Å². The van der Waals surface area contributed by atoms with Gasteiger partial charge in [-0.05, 0) is 52.4 Å². The summed E-state index contributed by atoms with van der Waals surface area (Å²) in [6, 6.07) is 0. The third-order valence-electron chi connectivity index (χ3n) is 7.04. The van der Waals surface area contributed by atoms with E-state index in [4.69, 9.17) is 9.97 Å². The van der Waals surface area contributed by atoms with Crippen LogP contribution in [-0.2, 0) is 16.0 Å². The highest BCUT2D eigenvalue weighted by atomic mass is 16.2. The van der Waals surface area contributed by atoms with E-state index >= 15 is 0 Å². The summed E-state index contributed by atoms with van der Waals surface area (Å²) >= 11 is 0. The van der Waals surface area contributed by atoms with Crippen LogP contribution in [0.3, 0.4) is 0 Å². The highest BCUT2D eigenvalue weighted by Gasteiger charge is 2.34. The maximum Gasteiger partial charge on any atom is 0.227 e. The average molecular weight is 399 g/mol. The number of hydrogen-bond acceptors (Lipinski definition) is 4. The van der Waals surface area contributed by atoms with Gasteiger partial charge in [0, 0.05) is 55.0 Å². The molecule has 3 aliphatic rings. The molecule has 2 amide bonds. The second-order valence-electron chi connectivity index (χ2n) is 9.10. The van der Waals surface area contributed by atoms with Crippen molar-refractivity contribution >= 4 is 11.8 Å². The Balaban J connectivity index is 1.41. The molecule has 1 saturated carbocycles. The first-order chi connectivity index (χ1) is 14.0. The summed E-state index contributed by atoms with van der Waals surface area (Å²) in [6.45, 7) is 7.29. The Bertz CT molecular complexity index is 743. The van der Waals surface area contributed by atoms with Gasteiger partial charge in [-0.15, -0.1) is 0 Å². The van der Waals surface area contributed by atoms with Gasteiger partial charge >= 0.3 is 0 Å². The number of hydrogen-bond donors (Lipinski definition) is 0. The van der Waals surface area contributed by atoms with E-state index in [2.05, 4.69) is 0 Å².